The van der Waals surface area contributed by atoms with Crippen molar-refractivity contribution in [2.75, 3.05) is 33.9 Å². The molecule has 202 valence electrons. The van der Waals surface area contributed by atoms with Gasteiger partial charge in [0.25, 0.3) is 0 Å². The SMILES string of the molecule is CCN1C[C@]2(CO)CCC(O)C34[C@@H]5CC6C(OC(C)=O)[C@@H]5[C@](OC(C)=O)(C[C@@H]6OC)[C@@H](C(OC)[C@@H]32)[C@H]14. The number of fused-ring (bicyclic) bond motifs is 2. The molecule has 1 heterocycles. The summed E-state index contributed by atoms with van der Waals surface area (Å²) in [5.41, 5.74) is -1.92. The number of hydrogen-bond acceptors (Lipinski definition) is 9. The topological polar surface area (TPSA) is 115 Å². The quantitative estimate of drug-likeness (QED) is 0.508. The van der Waals surface area contributed by atoms with Gasteiger partial charge in [0.1, 0.15) is 11.7 Å². The van der Waals surface area contributed by atoms with Gasteiger partial charge in [0.05, 0.1) is 24.9 Å². The van der Waals surface area contributed by atoms with Gasteiger partial charge >= 0.3 is 11.9 Å². The lowest BCUT2D eigenvalue weighted by Crippen LogP contribution is -2.76. The molecule has 9 nitrogen and oxygen atoms in total. The van der Waals surface area contributed by atoms with E-state index in [0.717, 1.165) is 25.9 Å². The van der Waals surface area contributed by atoms with E-state index in [0.29, 0.717) is 12.8 Å². The molecule has 5 unspecified atom stereocenters. The first-order chi connectivity index (χ1) is 17.2. The van der Waals surface area contributed by atoms with Gasteiger partial charge in [-0.1, -0.05) is 6.92 Å². The smallest absolute Gasteiger partial charge is 0.303 e. The van der Waals surface area contributed by atoms with E-state index in [2.05, 4.69) is 11.8 Å². The highest BCUT2D eigenvalue weighted by Gasteiger charge is 2.87. The lowest BCUT2D eigenvalue weighted by Gasteiger charge is -2.68. The van der Waals surface area contributed by atoms with Crippen LogP contribution in [-0.2, 0) is 28.5 Å². The molecule has 7 bridgehead atoms. The van der Waals surface area contributed by atoms with E-state index < -0.39 is 28.6 Å². The summed E-state index contributed by atoms with van der Waals surface area (Å²) >= 11 is 0. The molecule has 2 N–H and O–H groups in total. The summed E-state index contributed by atoms with van der Waals surface area (Å²) in [6.07, 6.45) is 0.966. The van der Waals surface area contributed by atoms with Gasteiger partial charge in [0.2, 0.25) is 0 Å². The van der Waals surface area contributed by atoms with Crippen LogP contribution in [0.15, 0.2) is 0 Å². The molecule has 0 aromatic carbocycles. The minimum absolute atomic E-state index is 0.0252. The van der Waals surface area contributed by atoms with Gasteiger partial charge in [-0.2, -0.15) is 0 Å². The largest absolute Gasteiger partial charge is 0.462 e. The molecule has 6 rings (SSSR count). The number of esters is 2. The number of methoxy groups -OCH3 is 2. The maximum absolute atomic E-state index is 12.8. The fraction of sp³-hybridized carbons (Fsp3) is 0.926. The van der Waals surface area contributed by atoms with Crippen molar-refractivity contribution >= 4 is 11.9 Å². The van der Waals surface area contributed by atoms with Crippen molar-refractivity contribution in [3.8, 4) is 0 Å². The Balaban J connectivity index is 1.65. The third-order valence-corrected chi connectivity index (χ3v) is 11.6. The molecule has 1 spiro atoms. The van der Waals surface area contributed by atoms with Crippen molar-refractivity contribution in [2.24, 2.45) is 40.4 Å². The number of rotatable bonds is 6. The molecule has 1 saturated heterocycles. The van der Waals surface area contributed by atoms with E-state index in [1.54, 1.807) is 14.2 Å². The van der Waals surface area contributed by atoms with E-state index in [4.69, 9.17) is 18.9 Å². The maximum Gasteiger partial charge on any atom is 0.303 e. The molecule has 5 saturated carbocycles. The Hall–Kier alpha value is -1.26. The number of piperidine rings is 1. The van der Waals surface area contributed by atoms with E-state index in [9.17, 15) is 19.8 Å². The highest BCUT2D eigenvalue weighted by atomic mass is 16.6. The summed E-state index contributed by atoms with van der Waals surface area (Å²) in [6, 6.07) is -0.0691. The van der Waals surface area contributed by atoms with Gasteiger partial charge in [-0.05, 0) is 31.7 Å². The van der Waals surface area contributed by atoms with Crippen molar-refractivity contribution < 1.29 is 38.7 Å². The molecule has 6 fully saturated rings. The maximum atomic E-state index is 12.8. The third-order valence-electron chi connectivity index (χ3n) is 11.6. The van der Waals surface area contributed by atoms with Crippen molar-refractivity contribution in [1.82, 2.24) is 4.90 Å². The summed E-state index contributed by atoms with van der Waals surface area (Å²) in [6.45, 7) is 6.52. The number of carbonyl (C=O) groups is 2. The monoisotopic (exact) mass is 507 g/mol. The van der Waals surface area contributed by atoms with Crippen molar-refractivity contribution in [1.29, 1.82) is 0 Å². The molecule has 9 heteroatoms. The summed E-state index contributed by atoms with van der Waals surface area (Å²) in [5, 5.41) is 23.0. The van der Waals surface area contributed by atoms with Crippen LogP contribution < -0.4 is 0 Å². The minimum Gasteiger partial charge on any atom is -0.462 e. The molecule has 0 aromatic rings. The van der Waals surface area contributed by atoms with E-state index in [-0.39, 0.29) is 66.4 Å². The molecule has 6 aliphatic rings. The number of aliphatic hydroxyl groups excluding tert-OH is 2. The van der Waals surface area contributed by atoms with E-state index in [1.165, 1.54) is 13.8 Å². The summed E-state index contributed by atoms with van der Waals surface area (Å²) in [5.74, 6) is -1.41. The second-order valence-electron chi connectivity index (χ2n) is 12.4. The molecule has 1 aliphatic heterocycles. The first kappa shape index (κ1) is 25.0. The molecule has 13 atom stereocenters. The Morgan fingerprint density at radius 3 is 2.42 bits per heavy atom. The van der Waals surface area contributed by atoms with Crippen LogP contribution in [0.25, 0.3) is 0 Å². The van der Waals surface area contributed by atoms with Crippen molar-refractivity contribution in [3.63, 3.8) is 0 Å². The van der Waals surface area contributed by atoms with Gasteiger partial charge < -0.3 is 29.2 Å². The number of hydrogen-bond donors (Lipinski definition) is 2. The van der Waals surface area contributed by atoms with Crippen LogP contribution in [0.1, 0.15) is 46.5 Å². The first-order valence-corrected chi connectivity index (χ1v) is 13.6. The van der Waals surface area contributed by atoms with Crippen LogP contribution in [0.2, 0.25) is 0 Å². The highest BCUT2D eigenvalue weighted by molar-refractivity contribution is 5.68. The molecule has 5 aliphatic carbocycles. The van der Waals surface area contributed by atoms with Gasteiger partial charge in [-0.3, -0.25) is 14.5 Å². The molecule has 0 radical (unpaired) electrons. The lowest BCUT2D eigenvalue weighted by atomic mass is 9.43. The number of nitrogens with zero attached hydrogens (tertiary/aromatic N) is 1. The minimum atomic E-state index is -0.961. The van der Waals surface area contributed by atoms with Crippen molar-refractivity contribution in [2.45, 2.75) is 82.5 Å². The zero-order valence-electron chi connectivity index (χ0n) is 22.0. The van der Waals surface area contributed by atoms with Crippen LogP contribution in [0.3, 0.4) is 0 Å². The molecule has 0 aromatic heterocycles. The fourth-order valence-electron chi connectivity index (χ4n) is 11.1. The van der Waals surface area contributed by atoms with E-state index in [1.807, 2.05) is 0 Å². The van der Waals surface area contributed by atoms with Gasteiger partial charge in [-0.15, -0.1) is 0 Å². The second kappa shape index (κ2) is 8.12. The van der Waals surface area contributed by atoms with Gasteiger partial charge in [-0.25, -0.2) is 0 Å². The molecule has 36 heavy (non-hydrogen) atoms. The van der Waals surface area contributed by atoms with Gasteiger partial charge in [0, 0.05) is 81.6 Å². The summed E-state index contributed by atoms with van der Waals surface area (Å²) in [7, 11) is 3.38. The average Bonchev–Trinajstić information content (AvgIpc) is 3.26. The highest BCUT2D eigenvalue weighted by Crippen LogP contribution is 2.79. The fourth-order valence-corrected chi connectivity index (χ4v) is 11.1. The Morgan fingerprint density at radius 1 is 1.08 bits per heavy atom. The Morgan fingerprint density at radius 2 is 1.83 bits per heavy atom. The normalized spacial score (nSPS) is 54.3. The van der Waals surface area contributed by atoms with Crippen LogP contribution in [0.5, 0.6) is 0 Å². The molecule has 0 amide bonds. The van der Waals surface area contributed by atoms with Crippen LogP contribution in [0.4, 0.5) is 0 Å². The third kappa shape index (κ3) is 2.69. The number of aliphatic hydroxyl groups is 2. The molecular formula is C27H41NO8. The number of likely N-dealkylation sites (tertiary alicyclic amines) is 1. The number of carbonyl (C=O) groups excluding carboxylic acids is 2. The van der Waals surface area contributed by atoms with Crippen LogP contribution >= 0.6 is 0 Å². The predicted octanol–water partition coefficient (Wildman–Crippen LogP) is 0.990. The van der Waals surface area contributed by atoms with Gasteiger partial charge in [0.15, 0.2) is 0 Å². The van der Waals surface area contributed by atoms with Crippen molar-refractivity contribution in [3.05, 3.63) is 0 Å². The number of ether oxygens (including phenoxy) is 4. The standard InChI is InChI=1S/C27H41NO8/c1-6-28-11-25(12-29)8-7-18(32)27-16-9-15-17(33-4)10-26(36-14(3)31,19(16)21(15)35-13(2)30)20(24(27)28)22(34-5)23(25)27/h15-24,29,32H,6-12H2,1-5H3/t15?,16-,17+,18?,19-,20+,21?,22?,23-,24+,25+,26-,27?/m1/s1. The average molecular weight is 508 g/mol. The zero-order valence-corrected chi connectivity index (χ0v) is 22.0. The Labute approximate surface area is 212 Å². The summed E-state index contributed by atoms with van der Waals surface area (Å²) < 4.78 is 24.9. The second-order valence-corrected chi connectivity index (χ2v) is 12.4. The lowest BCUT2D eigenvalue weighted by molar-refractivity contribution is -0.277. The zero-order chi connectivity index (χ0) is 25.8. The van der Waals surface area contributed by atoms with Crippen LogP contribution in [-0.4, -0.2) is 97.0 Å². The Kier molecular flexibility index (Phi) is 5.65. The predicted molar refractivity (Wildman–Crippen MR) is 127 cm³/mol. The summed E-state index contributed by atoms with van der Waals surface area (Å²) in [4.78, 5) is 27.6. The first-order valence-electron chi connectivity index (χ1n) is 13.6. The van der Waals surface area contributed by atoms with E-state index >= 15 is 0 Å². The Bertz CT molecular complexity index is 945. The van der Waals surface area contributed by atoms with Crippen LogP contribution in [0, 0.1) is 40.4 Å². The molecular weight excluding hydrogens is 466 g/mol.